The Labute approximate surface area is 157 Å². The number of fused-ring (bicyclic) bond motifs is 1. The summed E-state index contributed by atoms with van der Waals surface area (Å²) >= 11 is 5.89. The van der Waals surface area contributed by atoms with Gasteiger partial charge in [-0.05, 0) is 55.7 Å². The number of aryl methyl sites for hydroxylation is 2. The van der Waals surface area contributed by atoms with Crippen LogP contribution in [-0.2, 0) is 4.79 Å². The topological polar surface area (TPSA) is 51.1 Å². The highest BCUT2D eigenvalue weighted by Gasteiger charge is 2.23. The van der Waals surface area contributed by atoms with E-state index in [1.54, 1.807) is 34.9 Å². The number of carbonyl (C=O) groups excluding carboxylic acids is 1. The van der Waals surface area contributed by atoms with E-state index in [2.05, 4.69) is 5.32 Å². The van der Waals surface area contributed by atoms with Crippen molar-refractivity contribution in [1.82, 2.24) is 4.57 Å². The molecule has 26 heavy (non-hydrogen) atoms. The van der Waals surface area contributed by atoms with Crippen molar-refractivity contribution in [2.75, 3.05) is 5.32 Å². The molecule has 1 atom stereocenters. The summed E-state index contributed by atoms with van der Waals surface area (Å²) in [5.74, 6) is -0.217. The standard InChI is InChI=1S/C21H21ClN2O2/c1-4-18(21(26)23-16-10-8-15(22)9-11-16)24-19(25)12-14(3)17-7-5-6-13(2)20(17)24/h5-12,18H,4H2,1-3H3,(H,23,26). The SMILES string of the molecule is CCC(C(=O)Nc1ccc(Cl)cc1)n1c(=O)cc(C)c2cccc(C)c21. The Morgan fingerprint density at radius 2 is 1.81 bits per heavy atom. The molecule has 1 heterocycles. The molecule has 134 valence electrons. The van der Waals surface area contributed by atoms with Crippen LogP contribution in [0.2, 0.25) is 5.02 Å². The first-order valence-corrected chi connectivity index (χ1v) is 8.98. The first kappa shape index (κ1) is 18.2. The lowest BCUT2D eigenvalue weighted by Crippen LogP contribution is -2.33. The monoisotopic (exact) mass is 368 g/mol. The van der Waals surface area contributed by atoms with Crippen molar-refractivity contribution in [2.45, 2.75) is 33.2 Å². The summed E-state index contributed by atoms with van der Waals surface area (Å²) in [5.41, 5.74) is 3.19. The van der Waals surface area contributed by atoms with E-state index in [-0.39, 0.29) is 11.5 Å². The molecular weight excluding hydrogens is 348 g/mol. The van der Waals surface area contributed by atoms with E-state index in [1.165, 1.54) is 0 Å². The van der Waals surface area contributed by atoms with E-state index < -0.39 is 6.04 Å². The lowest BCUT2D eigenvalue weighted by Gasteiger charge is -2.22. The fraction of sp³-hybridized carbons (Fsp3) is 0.238. The summed E-state index contributed by atoms with van der Waals surface area (Å²) in [4.78, 5) is 25.7. The van der Waals surface area contributed by atoms with E-state index in [4.69, 9.17) is 11.6 Å². The van der Waals surface area contributed by atoms with Gasteiger partial charge in [-0.2, -0.15) is 0 Å². The van der Waals surface area contributed by atoms with E-state index in [0.717, 1.165) is 22.0 Å². The second-order valence-corrected chi connectivity index (χ2v) is 6.86. The summed E-state index contributed by atoms with van der Waals surface area (Å²) in [6.45, 7) is 5.78. The number of rotatable bonds is 4. The van der Waals surface area contributed by atoms with Crippen molar-refractivity contribution in [2.24, 2.45) is 0 Å². The average Bonchev–Trinajstić information content (AvgIpc) is 2.60. The fourth-order valence-electron chi connectivity index (χ4n) is 3.29. The normalized spacial score (nSPS) is 12.2. The number of nitrogens with one attached hydrogen (secondary N) is 1. The Bertz CT molecular complexity index is 1020. The predicted molar refractivity (Wildman–Crippen MR) is 107 cm³/mol. The molecule has 0 spiro atoms. The Morgan fingerprint density at radius 3 is 2.46 bits per heavy atom. The summed E-state index contributed by atoms with van der Waals surface area (Å²) in [6.07, 6.45) is 0.506. The molecule has 0 aliphatic carbocycles. The van der Waals surface area contributed by atoms with Crippen LogP contribution in [0, 0.1) is 13.8 Å². The fourth-order valence-corrected chi connectivity index (χ4v) is 3.42. The molecule has 5 heteroatoms. The lowest BCUT2D eigenvalue weighted by atomic mass is 10.0. The van der Waals surface area contributed by atoms with Crippen molar-refractivity contribution < 1.29 is 4.79 Å². The van der Waals surface area contributed by atoms with Crippen molar-refractivity contribution >= 4 is 34.1 Å². The minimum absolute atomic E-state index is 0.164. The molecule has 1 N–H and O–H groups in total. The van der Waals surface area contributed by atoms with Gasteiger partial charge in [-0.3, -0.25) is 14.2 Å². The highest BCUT2D eigenvalue weighted by molar-refractivity contribution is 6.30. The quantitative estimate of drug-likeness (QED) is 0.714. The van der Waals surface area contributed by atoms with Gasteiger partial charge in [0.15, 0.2) is 0 Å². The van der Waals surface area contributed by atoms with Crippen LogP contribution in [0.4, 0.5) is 5.69 Å². The number of carbonyl (C=O) groups is 1. The summed E-state index contributed by atoms with van der Waals surface area (Å²) in [6, 6.07) is 13.8. The van der Waals surface area contributed by atoms with Crippen LogP contribution in [-0.4, -0.2) is 10.5 Å². The first-order chi connectivity index (χ1) is 12.4. The van der Waals surface area contributed by atoms with E-state index >= 15 is 0 Å². The molecule has 0 fully saturated rings. The Hall–Kier alpha value is -2.59. The second-order valence-electron chi connectivity index (χ2n) is 6.43. The third-order valence-corrected chi connectivity index (χ3v) is 4.85. The molecule has 2 aromatic carbocycles. The minimum Gasteiger partial charge on any atom is -0.324 e. The molecule has 4 nitrogen and oxygen atoms in total. The maximum atomic E-state index is 12.9. The maximum Gasteiger partial charge on any atom is 0.252 e. The molecule has 0 saturated carbocycles. The Balaban J connectivity index is 2.09. The van der Waals surface area contributed by atoms with E-state index in [0.29, 0.717) is 17.1 Å². The molecule has 3 rings (SSSR count). The zero-order valence-electron chi connectivity index (χ0n) is 15.0. The molecule has 0 aliphatic rings. The Morgan fingerprint density at radius 1 is 1.12 bits per heavy atom. The summed E-state index contributed by atoms with van der Waals surface area (Å²) in [5, 5.41) is 4.48. The number of benzene rings is 2. The zero-order chi connectivity index (χ0) is 18.8. The summed E-state index contributed by atoms with van der Waals surface area (Å²) in [7, 11) is 0. The smallest absolute Gasteiger partial charge is 0.252 e. The van der Waals surface area contributed by atoms with Crippen LogP contribution in [0.3, 0.4) is 0 Å². The highest BCUT2D eigenvalue weighted by Crippen LogP contribution is 2.25. The van der Waals surface area contributed by atoms with Crippen molar-refractivity contribution in [3.63, 3.8) is 0 Å². The van der Waals surface area contributed by atoms with Crippen LogP contribution < -0.4 is 10.9 Å². The van der Waals surface area contributed by atoms with Gasteiger partial charge in [-0.25, -0.2) is 0 Å². The van der Waals surface area contributed by atoms with Crippen LogP contribution in [0.1, 0.15) is 30.5 Å². The van der Waals surface area contributed by atoms with Crippen molar-refractivity contribution in [3.05, 3.63) is 75.0 Å². The van der Waals surface area contributed by atoms with Crippen molar-refractivity contribution in [3.8, 4) is 0 Å². The van der Waals surface area contributed by atoms with Crippen LogP contribution in [0.5, 0.6) is 0 Å². The molecule has 1 amide bonds. The molecule has 1 unspecified atom stereocenters. The average molecular weight is 369 g/mol. The van der Waals surface area contributed by atoms with Gasteiger partial charge in [0, 0.05) is 22.2 Å². The lowest BCUT2D eigenvalue weighted by molar-refractivity contribution is -0.119. The number of hydrogen-bond acceptors (Lipinski definition) is 2. The third-order valence-electron chi connectivity index (χ3n) is 4.59. The molecular formula is C21H21ClN2O2. The predicted octanol–water partition coefficient (Wildman–Crippen LogP) is 4.86. The Kier molecular flexibility index (Phi) is 5.14. The highest BCUT2D eigenvalue weighted by atomic mass is 35.5. The van der Waals surface area contributed by atoms with Gasteiger partial charge in [0.2, 0.25) is 5.91 Å². The first-order valence-electron chi connectivity index (χ1n) is 8.60. The number of hydrogen-bond donors (Lipinski definition) is 1. The van der Waals surface area contributed by atoms with E-state index in [1.807, 2.05) is 39.0 Å². The number of pyridine rings is 1. The van der Waals surface area contributed by atoms with Gasteiger partial charge in [-0.15, -0.1) is 0 Å². The number of anilines is 1. The number of nitrogens with zero attached hydrogens (tertiary/aromatic N) is 1. The summed E-state index contributed by atoms with van der Waals surface area (Å²) < 4.78 is 1.61. The number of halogens is 1. The largest absolute Gasteiger partial charge is 0.324 e. The second kappa shape index (κ2) is 7.34. The van der Waals surface area contributed by atoms with Crippen LogP contribution in [0.25, 0.3) is 10.9 Å². The molecule has 0 radical (unpaired) electrons. The van der Waals surface area contributed by atoms with Gasteiger partial charge in [0.25, 0.3) is 5.56 Å². The molecule has 0 saturated heterocycles. The third kappa shape index (κ3) is 3.37. The zero-order valence-corrected chi connectivity index (χ0v) is 15.8. The number of para-hydroxylation sites is 1. The molecule has 1 aromatic heterocycles. The molecule has 0 aliphatic heterocycles. The molecule has 3 aromatic rings. The van der Waals surface area contributed by atoms with Gasteiger partial charge >= 0.3 is 0 Å². The van der Waals surface area contributed by atoms with Gasteiger partial charge in [0.1, 0.15) is 6.04 Å². The van der Waals surface area contributed by atoms with Gasteiger partial charge < -0.3 is 5.32 Å². The maximum absolute atomic E-state index is 12.9. The minimum atomic E-state index is -0.595. The van der Waals surface area contributed by atoms with Crippen LogP contribution in [0.15, 0.2) is 53.3 Å². The van der Waals surface area contributed by atoms with Gasteiger partial charge in [0.05, 0.1) is 5.52 Å². The number of amides is 1. The van der Waals surface area contributed by atoms with E-state index in [9.17, 15) is 9.59 Å². The number of aromatic nitrogens is 1. The van der Waals surface area contributed by atoms with Crippen molar-refractivity contribution in [1.29, 1.82) is 0 Å². The van der Waals surface area contributed by atoms with Gasteiger partial charge in [-0.1, -0.05) is 36.7 Å². The van der Waals surface area contributed by atoms with Crippen LogP contribution >= 0.6 is 11.6 Å². The molecule has 0 bridgehead atoms.